The highest BCUT2D eigenvalue weighted by molar-refractivity contribution is 5.84. The Morgan fingerprint density at radius 3 is 0.870 bits per heavy atom. The molecule has 3 saturated heterocycles. The average molecular weight is 1650 g/mol. The molecule has 3 aliphatic rings. The number of esters is 12. The number of rotatable bonds is 49. The summed E-state index contributed by atoms with van der Waals surface area (Å²) >= 11 is 0. The fourth-order valence-corrected chi connectivity index (χ4v) is 11.9. The van der Waals surface area contributed by atoms with Crippen LogP contribution >= 0.6 is 0 Å². The number of nitrogens with one attached hydrogen (secondary N) is 4. The van der Waals surface area contributed by atoms with Gasteiger partial charge >= 0.3 is 71.6 Å². The Labute approximate surface area is 662 Å². The Balaban J connectivity index is 1.51. The zero-order valence-corrected chi connectivity index (χ0v) is 66.4. The number of hydrogen-bond acceptors (Lipinski definition) is 38. The van der Waals surface area contributed by atoms with Crippen LogP contribution in [-0.2, 0) is 183 Å². The Kier molecular flexibility index (Phi) is 43.6. The lowest BCUT2D eigenvalue weighted by molar-refractivity contribution is -0.309. The molecular weight excluding hydrogens is 1540 g/mol. The number of benzene rings is 1. The summed E-state index contributed by atoms with van der Waals surface area (Å²) in [5.41, 5.74) is 5.72. The second-order valence-electron chi connectivity index (χ2n) is 26.3. The number of hydrogen-bond donors (Lipinski definition) is 5. The van der Waals surface area contributed by atoms with Gasteiger partial charge in [0.1, 0.15) is 38.1 Å². The standard InChI is InChI=1S/C73H107N5O37/c1-40(79)101-37-54-60(104-43(4)82)63(107-46(7)85)66(110-49(10)88)70(113-54)98-33-30-95-27-24-75-57(91)18-21-73(78-69(94)53(74)36-52-16-14-13-15-17-52,22-19-58(92)76-25-28-96-31-34-99-71-67(111-50(11)89)64(108-47(8)86)61(105-44(5)83)55(114-71)38-102-41(2)80)23-20-59(93)77-26-29-97-32-35-100-72-68(112-51(12)90)65(109-48(9)87)62(106-45(6)84)56(115-72)39-103-42(3)81/h13-17,53-56,60-68,70-72H,18-39,74H2,1-12H3,(H,75,91)(H,76,92)(H,77,93)(H,78,94)/t53-,54+,55+,56+,60+,61+,62+,63-,64-,65-,66+,67+,68+,70+,71+,72+/m0/s1. The van der Waals surface area contributed by atoms with E-state index in [2.05, 4.69) is 21.3 Å². The summed E-state index contributed by atoms with van der Waals surface area (Å²) in [5, 5.41) is 11.2. The molecule has 0 spiro atoms. The van der Waals surface area contributed by atoms with Crippen LogP contribution in [0.4, 0.5) is 0 Å². The summed E-state index contributed by atoms with van der Waals surface area (Å²) in [5.74, 6) is -12.2. The minimum atomic E-state index is -1.52. The predicted molar refractivity (Wildman–Crippen MR) is 382 cm³/mol. The average Bonchev–Trinajstić information content (AvgIpc) is 0.803. The van der Waals surface area contributed by atoms with Gasteiger partial charge in [0.05, 0.1) is 65.5 Å². The molecule has 6 N–H and O–H groups in total. The van der Waals surface area contributed by atoms with Crippen LogP contribution in [0.2, 0.25) is 0 Å². The second-order valence-corrected chi connectivity index (χ2v) is 26.3. The lowest BCUT2D eigenvalue weighted by Gasteiger charge is -2.44. The van der Waals surface area contributed by atoms with Crippen molar-refractivity contribution in [1.29, 1.82) is 0 Å². The maximum Gasteiger partial charge on any atom is 0.303 e. The van der Waals surface area contributed by atoms with Gasteiger partial charge in [-0.2, -0.15) is 0 Å². The molecule has 16 atom stereocenters. The Bertz CT molecular complexity index is 3090. The fraction of sp³-hybridized carbons (Fsp3) is 0.699. The quantitative estimate of drug-likeness (QED) is 0.0280. The van der Waals surface area contributed by atoms with Gasteiger partial charge in [-0.3, -0.25) is 76.7 Å². The third-order valence-corrected chi connectivity index (χ3v) is 16.6. The molecule has 3 fully saturated rings. The van der Waals surface area contributed by atoms with E-state index in [-0.39, 0.29) is 124 Å². The van der Waals surface area contributed by atoms with Crippen LogP contribution in [0.1, 0.15) is 127 Å². The van der Waals surface area contributed by atoms with Crippen molar-refractivity contribution in [2.45, 2.75) is 232 Å². The molecule has 1 aromatic carbocycles. The zero-order chi connectivity index (χ0) is 85.3. The lowest BCUT2D eigenvalue weighted by atomic mass is 9.82. The Morgan fingerprint density at radius 2 is 0.609 bits per heavy atom. The third-order valence-electron chi connectivity index (χ3n) is 16.6. The molecule has 4 rings (SSSR count). The third kappa shape index (κ3) is 37.7. The van der Waals surface area contributed by atoms with Crippen molar-refractivity contribution in [2.24, 2.45) is 5.73 Å². The summed E-state index contributed by atoms with van der Waals surface area (Å²) in [6.07, 6.45) is -23.0. The predicted octanol–water partition coefficient (Wildman–Crippen LogP) is -1.55. The summed E-state index contributed by atoms with van der Waals surface area (Å²) in [6.45, 7) is 9.46. The fourth-order valence-electron chi connectivity index (χ4n) is 11.9. The molecule has 3 heterocycles. The topological polar surface area (TPSA) is 541 Å². The van der Waals surface area contributed by atoms with Gasteiger partial charge in [0.25, 0.3) is 0 Å². The van der Waals surface area contributed by atoms with Gasteiger partial charge < -0.3 is 126 Å². The van der Waals surface area contributed by atoms with E-state index in [9.17, 15) is 76.7 Å². The van der Waals surface area contributed by atoms with Crippen molar-refractivity contribution in [3.63, 3.8) is 0 Å². The molecule has 0 saturated carbocycles. The van der Waals surface area contributed by atoms with E-state index in [1.54, 1.807) is 30.3 Å². The molecule has 1 aromatic rings. The largest absolute Gasteiger partial charge is 0.463 e. The molecule has 0 radical (unpaired) electrons. The number of carbonyl (C=O) groups is 16. The maximum atomic E-state index is 14.4. The van der Waals surface area contributed by atoms with Crippen LogP contribution < -0.4 is 27.0 Å². The highest BCUT2D eigenvalue weighted by Crippen LogP contribution is 2.34. The van der Waals surface area contributed by atoms with Crippen molar-refractivity contribution in [1.82, 2.24) is 21.3 Å². The minimum absolute atomic E-state index is 0.0541. The van der Waals surface area contributed by atoms with Gasteiger partial charge in [0, 0.05) is 128 Å². The van der Waals surface area contributed by atoms with Crippen LogP contribution in [0.3, 0.4) is 0 Å². The van der Waals surface area contributed by atoms with Gasteiger partial charge in [0.2, 0.25) is 23.6 Å². The first-order valence-corrected chi connectivity index (χ1v) is 36.9. The van der Waals surface area contributed by atoms with Crippen molar-refractivity contribution in [3.8, 4) is 0 Å². The molecule has 0 unspecified atom stereocenters. The van der Waals surface area contributed by atoms with E-state index in [0.717, 1.165) is 83.1 Å². The Morgan fingerprint density at radius 1 is 0.348 bits per heavy atom. The molecule has 4 amide bonds. The highest BCUT2D eigenvalue weighted by Gasteiger charge is 2.56. The molecule has 3 aliphatic heterocycles. The summed E-state index contributed by atoms with van der Waals surface area (Å²) in [6, 6.07) is 7.61. The molecule has 42 nitrogen and oxygen atoms in total. The lowest BCUT2D eigenvalue weighted by Crippen LogP contribution is -2.63. The molecule has 115 heavy (non-hydrogen) atoms. The van der Waals surface area contributed by atoms with Crippen molar-refractivity contribution in [3.05, 3.63) is 35.9 Å². The number of amides is 4. The first kappa shape index (κ1) is 97.7. The van der Waals surface area contributed by atoms with E-state index >= 15 is 0 Å². The second kappa shape index (κ2) is 51.3. The summed E-state index contributed by atoms with van der Waals surface area (Å²) in [4.78, 5) is 202. The maximum absolute atomic E-state index is 14.4. The van der Waals surface area contributed by atoms with E-state index in [4.69, 9.17) is 105 Å². The first-order chi connectivity index (χ1) is 54.5. The van der Waals surface area contributed by atoms with Crippen LogP contribution in [0.25, 0.3) is 0 Å². The van der Waals surface area contributed by atoms with Gasteiger partial charge in [-0.15, -0.1) is 0 Å². The summed E-state index contributed by atoms with van der Waals surface area (Å²) in [7, 11) is 0. The normalized spacial score (nSPS) is 23.3. The van der Waals surface area contributed by atoms with Crippen LogP contribution in [-0.4, -0.2) is 298 Å². The zero-order valence-electron chi connectivity index (χ0n) is 66.4. The summed E-state index contributed by atoms with van der Waals surface area (Å²) < 4.78 is 117. The van der Waals surface area contributed by atoms with Gasteiger partial charge in [-0.05, 0) is 31.2 Å². The van der Waals surface area contributed by atoms with Gasteiger partial charge in [0.15, 0.2) is 73.8 Å². The SMILES string of the molecule is CC(=O)OC[C@H]1O[C@@H](OCCOCCNC(=O)CCC(CCC(=O)NCCOCCO[C@@H]2O[C@H](COC(C)=O)[C@@H](OC(C)=O)[C@H](OC(C)=O)[C@H]2OC(C)=O)(CCC(=O)NCCOCCO[C@@H]2O[C@H](COC(C)=O)[C@@H](OC(C)=O)[C@H](OC(C)=O)[C@H]2OC(C)=O)NC(=O)[C@@H](N)Cc2ccccc2)[C@H](OC(C)=O)[C@@H](OC(C)=O)[C@@H]1OC(C)=O. The first-order valence-electron chi connectivity index (χ1n) is 36.9. The smallest absolute Gasteiger partial charge is 0.303 e. The molecule has 0 aromatic heterocycles. The van der Waals surface area contributed by atoms with Crippen molar-refractivity contribution < 1.29 is 176 Å². The van der Waals surface area contributed by atoms with Crippen LogP contribution in [0, 0.1) is 0 Å². The monoisotopic (exact) mass is 1650 g/mol. The number of nitrogens with two attached hydrogens (primary N) is 1. The molecule has 646 valence electrons. The van der Waals surface area contributed by atoms with Gasteiger partial charge in [-0.1, -0.05) is 30.3 Å². The molecular formula is C73H107N5O37. The molecule has 0 bridgehead atoms. The van der Waals surface area contributed by atoms with E-state index in [0.29, 0.717) is 5.56 Å². The molecule has 0 aliphatic carbocycles. The van der Waals surface area contributed by atoms with Crippen molar-refractivity contribution in [2.75, 3.05) is 98.9 Å². The number of ether oxygens (including phenoxy) is 21. The number of carbonyl (C=O) groups excluding carboxylic acids is 16. The van der Waals surface area contributed by atoms with Crippen LogP contribution in [0.15, 0.2) is 30.3 Å². The van der Waals surface area contributed by atoms with Crippen LogP contribution in [0.5, 0.6) is 0 Å². The minimum Gasteiger partial charge on any atom is -0.463 e. The van der Waals surface area contributed by atoms with Gasteiger partial charge in [-0.25, -0.2) is 0 Å². The van der Waals surface area contributed by atoms with E-state index in [1.807, 2.05) is 0 Å². The molecule has 42 heteroatoms. The Hall–Kier alpha value is -9.66. The van der Waals surface area contributed by atoms with E-state index in [1.165, 1.54) is 0 Å². The van der Waals surface area contributed by atoms with Crippen molar-refractivity contribution >= 4 is 95.3 Å². The van der Waals surface area contributed by atoms with E-state index < -0.39 is 219 Å². The highest BCUT2D eigenvalue weighted by atomic mass is 16.8.